The average Bonchev–Trinajstić information content (AvgIpc) is 3.12. The molecular weight excluding hydrogens is 332 g/mol. The maximum absolute atomic E-state index is 5.98. The van der Waals surface area contributed by atoms with Gasteiger partial charge in [0.2, 0.25) is 0 Å². The van der Waals surface area contributed by atoms with Crippen LogP contribution in [0.4, 0.5) is 5.69 Å². The number of anilines is 1. The Kier molecular flexibility index (Phi) is 4.15. The molecular formula is C16H19BrN2S. The molecule has 0 radical (unpaired) electrons. The standard InChI is InChI=1S/C16H19BrN2S/c1-11(18)15-5-4-14(8-16(15)17)19(13-2-3-13)9-12-6-7-20-10-12/h4-8,10-11,13H,2-3,9,18H2,1H3. The van der Waals surface area contributed by atoms with Crippen molar-refractivity contribution in [3.05, 3.63) is 50.6 Å². The SMILES string of the molecule is CC(N)c1ccc(N(Cc2ccsc2)C2CC2)cc1Br. The summed E-state index contributed by atoms with van der Waals surface area (Å²) in [5.41, 5.74) is 9.83. The van der Waals surface area contributed by atoms with Gasteiger partial charge in [-0.1, -0.05) is 22.0 Å². The third kappa shape index (κ3) is 3.08. The van der Waals surface area contributed by atoms with Gasteiger partial charge < -0.3 is 10.6 Å². The molecule has 4 heteroatoms. The molecule has 2 N–H and O–H groups in total. The number of rotatable bonds is 5. The second kappa shape index (κ2) is 5.88. The van der Waals surface area contributed by atoms with Crippen LogP contribution in [0.25, 0.3) is 0 Å². The molecule has 2 nitrogen and oxygen atoms in total. The van der Waals surface area contributed by atoms with E-state index in [1.807, 2.05) is 6.92 Å². The van der Waals surface area contributed by atoms with E-state index >= 15 is 0 Å². The first-order valence-corrected chi connectivity index (χ1v) is 8.71. The van der Waals surface area contributed by atoms with Crippen LogP contribution < -0.4 is 10.6 Å². The van der Waals surface area contributed by atoms with Gasteiger partial charge in [0.25, 0.3) is 0 Å². The molecule has 1 aromatic carbocycles. The summed E-state index contributed by atoms with van der Waals surface area (Å²) in [7, 11) is 0. The minimum absolute atomic E-state index is 0.0599. The number of hydrogen-bond donors (Lipinski definition) is 1. The Labute approximate surface area is 132 Å². The summed E-state index contributed by atoms with van der Waals surface area (Å²) in [6.07, 6.45) is 2.60. The molecule has 0 aliphatic heterocycles. The lowest BCUT2D eigenvalue weighted by Crippen LogP contribution is -2.24. The Morgan fingerprint density at radius 2 is 2.20 bits per heavy atom. The molecule has 1 aliphatic carbocycles. The number of thiophene rings is 1. The Bertz CT molecular complexity index is 576. The fraction of sp³-hybridized carbons (Fsp3) is 0.375. The highest BCUT2D eigenvalue weighted by Crippen LogP contribution is 2.36. The van der Waals surface area contributed by atoms with Crippen molar-refractivity contribution < 1.29 is 0 Å². The van der Waals surface area contributed by atoms with Crippen LogP contribution in [0.1, 0.15) is 36.9 Å². The molecule has 0 amide bonds. The summed E-state index contributed by atoms with van der Waals surface area (Å²) in [5.74, 6) is 0. The van der Waals surface area contributed by atoms with Crippen molar-refractivity contribution in [1.82, 2.24) is 0 Å². The zero-order valence-corrected chi connectivity index (χ0v) is 14.0. The molecule has 1 heterocycles. The summed E-state index contributed by atoms with van der Waals surface area (Å²) in [4.78, 5) is 2.51. The fourth-order valence-electron chi connectivity index (χ4n) is 2.46. The average molecular weight is 351 g/mol. The predicted octanol–water partition coefficient (Wildman–Crippen LogP) is 4.70. The summed E-state index contributed by atoms with van der Waals surface area (Å²) >= 11 is 5.42. The van der Waals surface area contributed by atoms with E-state index in [4.69, 9.17) is 5.73 Å². The van der Waals surface area contributed by atoms with Crippen LogP contribution in [0.3, 0.4) is 0 Å². The molecule has 1 aromatic heterocycles. The van der Waals surface area contributed by atoms with Gasteiger partial charge in [0, 0.05) is 28.8 Å². The summed E-state index contributed by atoms with van der Waals surface area (Å²) < 4.78 is 1.11. The quantitative estimate of drug-likeness (QED) is 0.846. The molecule has 2 aromatic rings. The van der Waals surface area contributed by atoms with Crippen LogP contribution in [-0.4, -0.2) is 6.04 Å². The van der Waals surface area contributed by atoms with Gasteiger partial charge in [-0.15, -0.1) is 0 Å². The summed E-state index contributed by atoms with van der Waals surface area (Å²) in [6, 6.07) is 9.53. The maximum atomic E-state index is 5.98. The van der Waals surface area contributed by atoms with E-state index in [2.05, 4.69) is 55.9 Å². The second-order valence-corrected chi connectivity index (χ2v) is 7.12. The topological polar surface area (TPSA) is 29.3 Å². The van der Waals surface area contributed by atoms with Gasteiger partial charge in [0.15, 0.2) is 0 Å². The van der Waals surface area contributed by atoms with Crippen molar-refractivity contribution in [2.45, 2.75) is 38.4 Å². The molecule has 1 fully saturated rings. The van der Waals surface area contributed by atoms with Gasteiger partial charge in [-0.3, -0.25) is 0 Å². The normalized spacial score (nSPS) is 16.1. The van der Waals surface area contributed by atoms with Crippen molar-refractivity contribution in [2.75, 3.05) is 4.90 Å². The van der Waals surface area contributed by atoms with Crippen LogP contribution in [-0.2, 0) is 6.54 Å². The highest BCUT2D eigenvalue weighted by atomic mass is 79.9. The highest BCUT2D eigenvalue weighted by Gasteiger charge is 2.29. The third-order valence-corrected chi connectivity index (χ3v) is 5.15. The number of nitrogens with two attached hydrogens (primary N) is 1. The zero-order valence-electron chi connectivity index (χ0n) is 11.6. The summed E-state index contributed by atoms with van der Waals surface area (Å²) in [6.45, 7) is 3.02. The molecule has 20 heavy (non-hydrogen) atoms. The minimum atomic E-state index is 0.0599. The number of halogens is 1. The largest absolute Gasteiger partial charge is 0.364 e. The van der Waals surface area contributed by atoms with Gasteiger partial charge in [0.1, 0.15) is 0 Å². The lowest BCUT2D eigenvalue weighted by Gasteiger charge is -2.25. The lowest BCUT2D eigenvalue weighted by molar-refractivity contribution is 0.788. The van der Waals surface area contributed by atoms with Crippen molar-refractivity contribution in [1.29, 1.82) is 0 Å². The second-order valence-electron chi connectivity index (χ2n) is 5.49. The van der Waals surface area contributed by atoms with E-state index in [0.29, 0.717) is 6.04 Å². The maximum Gasteiger partial charge on any atom is 0.0440 e. The molecule has 0 spiro atoms. The zero-order chi connectivity index (χ0) is 14.1. The van der Waals surface area contributed by atoms with Gasteiger partial charge in [-0.25, -0.2) is 0 Å². The minimum Gasteiger partial charge on any atom is -0.364 e. The Morgan fingerprint density at radius 3 is 2.75 bits per heavy atom. The number of benzene rings is 1. The predicted molar refractivity (Wildman–Crippen MR) is 90.3 cm³/mol. The van der Waals surface area contributed by atoms with Crippen molar-refractivity contribution in [3.63, 3.8) is 0 Å². The van der Waals surface area contributed by atoms with Crippen LogP contribution in [0, 0.1) is 0 Å². The van der Waals surface area contributed by atoms with Crippen molar-refractivity contribution >= 4 is 33.0 Å². The first kappa shape index (κ1) is 14.1. The molecule has 3 rings (SSSR count). The van der Waals surface area contributed by atoms with E-state index in [1.165, 1.54) is 29.7 Å². The molecule has 106 valence electrons. The number of hydrogen-bond acceptors (Lipinski definition) is 3. The number of nitrogens with zero attached hydrogens (tertiary/aromatic N) is 1. The molecule has 0 saturated heterocycles. The Hall–Kier alpha value is -0.840. The van der Waals surface area contributed by atoms with Gasteiger partial charge >= 0.3 is 0 Å². The van der Waals surface area contributed by atoms with Gasteiger partial charge in [0.05, 0.1) is 0 Å². The lowest BCUT2D eigenvalue weighted by atomic mass is 10.1. The van der Waals surface area contributed by atoms with Gasteiger partial charge in [-0.05, 0) is 59.9 Å². The first-order valence-electron chi connectivity index (χ1n) is 6.98. The Morgan fingerprint density at radius 1 is 1.40 bits per heavy atom. The third-order valence-electron chi connectivity index (χ3n) is 3.73. The van der Waals surface area contributed by atoms with E-state index in [9.17, 15) is 0 Å². The molecule has 0 bridgehead atoms. The van der Waals surface area contributed by atoms with Crippen LogP contribution in [0.2, 0.25) is 0 Å². The van der Waals surface area contributed by atoms with Crippen molar-refractivity contribution in [3.8, 4) is 0 Å². The molecule has 1 aliphatic rings. The monoisotopic (exact) mass is 350 g/mol. The Balaban J connectivity index is 1.86. The van der Waals surface area contributed by atoms with E-state index in [1.54, 1.807) is 11.3 Å². The smallest absolute Gasteiger partial charge is 0.0440 e. The first-order chi connectivity index (χ1) is 9.65. The summed E-state index contributed by atoms with van der Waals surface area (Å²) in [5, 5.41) is 4.39. The van der Waals surface area contributed by atoms with E-state index < -0.39 is 0 Å². The van der Waals surface area contributed by atoms with Gasteiger partial charge in [-0.2, -0.15) is 11.3 Å². The van der Waals surface area contributed by atoms with Crippen LogP contribution in [0.5, 0.6) is 0 Å². The van der Waals surface area contributed by atoms with E-state index in [0.717, 1.165) is 11.0 Å². The van der Waals surface area contributed by atoms with Crippen LogP contribution >= 0.6 is 27.3 Å². The van der Waals surface area contributed by atoms with Crippen molar-refractivity contribution in [2.24, 2.45) is 5.73 Å². The highest BCUT2D eigenvalue weighted by molar-refractivity contribution is 9.10. The molecule has 1 unspecified atom stereocenters. The van der Waals surface area contributed by atoms with E-state index in [-0.39, 0.29) is 6.04 Å². The fourth-order valence-corrected chi connectivity index (χ4v) is 3.85. The molecule has 1 saturated carbocycles. The molecule has 1 atom stereocenters. The van der Waals surface area contributed by atoms with Crippen LogP contribution in [0.15, 0.2) is 39.5 Å².